The van der Waals surface area contributed by atoms with Gasteiger partial charge in [-0.3, -0.25) is 0 Å². The van der Waals surface area contributed by atoms with Crippen LogP contribution in [0.2, 0.25) is 0 Å². The van der Waals surface area contributed by atoms with Crippen molar-refractivity contribution in [2.24, 2.45) is 0 Å². The summed E-state index contributed by atoms with van der Waals surface area (Å²) >= 11 is 5.35. The van der Waals surface area contributed by atoms with Gasteiger partial charge in [0.2, 0.25) is 0 Å². The molecule has 1 heterocycles. The SMILES string of the molecule is CCNC(Cc1cc(OC)ccc1Br)c1sccc1OC. The zero-order valence-electron chi connectivity index (χ0n) is 12.5. The van der Waals surface area contributed by atoms with Crippen LogP contribution in [0, 0.1) is 0 Å². The highest BCUT2D eigenvalue weighted by atomic mass is 79.9. The largest absolute Gasteiger partial charge is 0.497 e. The van der Waals surface area contributed by atoms with Crippen molar-refractivity contribution in [1.82, 2.24) is 5.32 Å². The Morgan fingerprint density at radius 2 is 2.05 bits per heavy atom. The van der Waals surface area contributed by atoms with Gasteiger partial charge in [-0.2, -0.15) is 0 Å². The topological polar surface area (TPSA) is 30.5 Å². The molecule has 5 heteroatoms. The number of thiophene rings is 1. The second-order valence-corrected chi connectivity index (χ2v) is 6.43. The van der Waals surface area contributed by atoms with Crippen molar-refractivity contribution in [3.05, 3.63) is 44.6 Å². The Labute approximate surface area is 138 Å². The molecule has 0 saturated heterocycles. The lowest BCUT2D eigenvalue weighted by molar-refractivity contribution is 0.402. The van der Waals surface area contributed by atoms with Gasteiger partial charge in [-0.15, -0.1) is 11.3 Å². The Bertz CT molecular complexity index is 585. The highest BCUT2D eigenvalue weighted by Gasteiger charge is 2.18. The van der Waals surface area contributed by atoms with Gasteiger partial charge in [0, 0.05) is 10.5 Å². The van der Waals surface area contributed by atoms with E-state index in [1.807, 2.05) is 18.2 Å². The van der Waals surface area contributed by atoms with Gasteiger partial charge in [0.05, 0.1) is 19.1 Å². The minimum Gasteiger partial charge on any atom is -0.497 e. The van der Waals surface area contributed by atoms with Crippen LogP contribution in [0.25, 0.3) is 0 Å². The van der Waals surface area contributed by atoms with E-state index in [-0.39, 0.29) is 6.04 Å². The van der Waals surface area contributed by atoms with Crippen molar-refractivity contribution in [2.75, 3.05) is 20.8 Å². The van der Waals surface area contributed by atoms with E-state index in [0.717, 1.165) is 28.9 Å². The molecule has 2 aromatic rings. The van der Waals surface area contributed by atoms with Crippen LogP contribution in [0.3, 0.4) is 0 Å². The first-order chi connectivity index (χ1) is 10.2. The van der Waals surface area contributed by atoms with Crippen molar-refractivity contribution >= 4 is 27.3 Å². The van der Waals surface area contributed by atoms with Crippen molar-refractivity contribution in [3.63, 3.8) is 0 Å². The molecule has 1 N–H and O–H groups in total. The van der Waals surface area contributed by atoms with E-state index in [1.54, 1.807) is 25.6 Å². The monoisotopic (exact) mass is 369 g/mol. The Hall–Kier alpha value is -1.04. The molecule has 2 rings (SSSR count). The van der Waals surface area contributed by atoms with Gasteiger partial charge in [0.15, 0.2) is 0 Å². The van der Waals surface area contributed by atoms with E-state index in [4.69, 9.17) is 9.47 Å². The van der Waals surface area contributed by atoms with Crippen LogP contribution in [-0.2, 0) is 6.42 Å². The molecule has 1 aromatic carbocycles. The third kappa shape index (κ3) is 3.99. The Kier molecular flexibility index (Phi) is 6.08. The molecular formula is C16H20BrNO2S. The molecule has 0 saturated carbocycles. The molecule has 21 heavy (non-hydrogen) atoms. The maximum Gasteiger partial charge on any atom is 0.134 e. The van der Waals surface area contributed by atoms with Crippen molar-refractivity contribution < 1.29 is 9.47 Å². The predicted octanol–water partition coefficient (Wildman–Crippen LogP) is 4.42. The van der Waals surface area contributed by atoms with Crippen molar-refractivity contribution in [3.8, 4) is 11.5 Å². The Morgan fingerprint density at radius 3 is 2.71 bits per heavy atom. The lowest BCUT2D eigenvalue weighted by atomic mass is 10.0. The number of likely N-dealkylation sites (N-methyl/N-ethyl adjacent to an activating group) is 1. The van der Waals surface area contributed by atoms with Crippen LogP contribution < -0.4 is 14.8 Å². The Morgan fingerprint density at radius 1 is 1.24 bits per heavy atom. The van der Waals surface area contributed by atoms with Crippen LogP contribution in [0.5, 0.6) is 11.5 Å². The number of nitrogens with one attached hydrogen (secondary N) is 1. The molecule has 0 amide bonds. The number of ether oxygens (including phenoxy) is 2. The molecule has 1 aromatic heterocycles. The van der Waals surface area contributed by atoms with Crippen LogP contribution in [-0.4, -0.2) is 20.8 Å². The molecule has 0 aliphatic heterocycles. The van der Waals surface area contributed by atoms with E-state index in [0.29, 0.717) is 0 Å². The van der Waals surface area contributed by atoms with Crippen LogP contribution in [0.15, 0.2) is 34.1 Å². The quantitative estimate of drug-likeness (QED) is 0.783. The van der Waals surface area contributed by atoms with Crippen molar-refractivity contribution in [1.29, 1.82) is 0 Å². The highest BCUT2D eigenvalue weighted by molar-refractivity contribution is 9.10. The summed E-state index contributed by atoms with van der Waals surface area (Å²) in [5, 5.41) is 5.61. The third-order valence-electron chi connectivity index (χ3n) is 3.32. The summed E-state index contributed by atoms with van der Waals surface area (Å²) in [6.07, 6.45) is 0.877. The summed E-state index contributed by atoms with van der Waals surface area (Å²) in [5.74, 6) is 1.83. The summed E-state index contributed by atoms with van der Waals surface area (Å²) < 4.78 is 11.9. The fourth-order valence-corrected chi connectivity index (χ4v) is 3.64. The number of halogens is 1. The van der Waals surface area contributed by atoms with Gasteiger partial charge in [0.1, 0.15) is 11.5 Å². The zero-order valence-corrected chi connectivity index (χ0v) is 14.9. The van der Waals surface area contributed by atoms with Gasteiger partial charge in [-0.25, -0.2) is 0 Å². The first-order valence-corrected chi connectivity index (χ1v) is 8.54. The lowest BCUT2D eigenvalue weighted by Gasteiger charge is -2.19. The van der Waals surface area contributed by atoms with E-state index < -0.39 is 0 Å². The fourth-order valence-electron chi connectivity index (χ4n) is 2.29. The minimum absolute atomic E-state index is 0.230. The normalized spacial score (nSPS) is 12.2. The van der Waals surface area contributed by atoms with Gasteiger partial charge in [0.25, 0.3) is 0 Å². The predicted molar refractivity (Wildman–Crippen MR) is 91.7 cm³/mol. The van der Waals surface area contributed by atoms with Crippen LogP contribution in [0.4, 0.5) is 0 Å². The smallest absolute Gasteiger partial charge is 0.134 e. The summed E-state index contributed by atoms with van der Waals surface area (Å²) in [7, 11) is 3.41. The number of methoxy groups -OCH3 is 2. The average Bonchev–Trinajstić information content (AvgIpc) is 2.97. The lowest BCUT2D eigenvalue weighted by Crippen LogP contribution is -2.22. The van der Waals surface area contributed by atoms with E-state index in [1.165, 1.54) is 10.4 Å². The minimum atomic E-state index is 0.230. The average molecular weight is 370 g/mol. The maximum atomic E-state index is 5.46. The molecular weight excluding hydrogens is 350 g/mol. The van der Waals surface area contributed by atoms with Gasteiger partial charge in [-0.05, 0) is 48.2 Å². The highest BCUT2D eigenvalue weighted by Crippen LogP contribution is 2.34. The van der Waals surface area contributed by atoms with Crippen LogP contribution >= 0.6 is 27.3 Å². The van der Waals surface area contributed by atoms with Crippen molar-refractivity contribution in [2.45, 2.75) is 19.4 Å². The molecule has 1 unspecified atom stereocenters. The molecule has 0 bridgehead atoms. The van der Waals surface area contributed by atoms with Gasteiger partial charge < -0.3 is 14.8 Å². The zero-order chi connectivity index (χ0) is 15.2. The third-order valence-corrected chi connectivity index (χ3v) is 5.11. The summed E-state index contributed by atoms with van der Waals surface area (Å²) in [6, 6.07) is 8.32. The molecule has 0 spiro atoms. The molecule has 114 valence electrons. The summed E-state index contributed by atoms with van der Waals surface area (Å²) in [4.78, 5) is 1.23. The van der Waals surface area contributed by atoms with Gasteiger partial charge in [-0.1, -0.05) is 22.9 Å². The summed E-state index contributed by atoms with van der Waals surface area (Å²) in [5.41, 5.74) is 1.22. The van der Waals surface area contributed by atoms with Gasteiger partial charge >= 0.3 is 0 Å². The Balaban J connectivity index is 2.28. The number of hydrogen-bond donors (Lipinski definition) is 1. The molecule has 0 fully saturated rings. The van der Waals surface area contributed by atoms with E-state index in [9.17, 15) is 0 Å². The number of hydrogen-bond acceptors (Lipinski definition) is 4. The molecule has 0 radical (unpaired) electrons. The molecule has 1 atom stereocenters. The fraction of sp³-hybridized carbons (Fsp3) is 0.375. The number of rotatable bonds is 7. The summed E-state index contributed by atoms with van der Waals surface area (Å²) in [6.45, 7) is 3.03. The second-order valence-electron chi connectivity index (χ2n) is 4.62. The van der Waals surface area contributed by atoms with Crippen LogP contribution in [0.1, 0.15) is 23.4 Å². The molecule has 0 aliphatic carbocycles. The first-order valence-electron chi connectivity index (χ1n) is 6.86. The van der Waals surface area contributed by atoms with E-state index in [2.05, 4.69) is 39.6 Å². The first kappa shape index (κ1) is 16.3. The molecule has 3 nitrogen and oxygen atoms in total. The standard InChI is InChI=1S/C16H20BrNO2S/c1-4-18-14(16-15(20-3)7-8-21-16)10-11-9-12(19-2)5-6-13(11)17/h5-9,14,18H,4,10H2,1-3H3. The van der Waals surface area contributed by atoms with E-state index >= 15 is 0 Å². The maximum absolute atomic E-state index is 5.46. The molecule has 0 aliphatic rings. The second kappa shape index (κ2) is 7.82. The number of benzene rings is 1.